The van der Waals surface area contributed by atoms with Gasteiger partial charge in [-0.05, 0) is 67.9 Å². The van der Waals surface area contributed by atoms with E-state index in [1.165, 1.54) is 30.5 Å². The zero-order chi connectivity index (χ0) is 23.1. The van der Waals surface area contributed by atoms with Crippen LogP contribution in [0.15, 0.2) is 76.7 Å². The molecule has 3 aromatic rings. The van der Waals surface area contributed by atoms with Gasteiger partial charge in [0.05, 0.1) is 12.8 Å². The van der Waals surface area contributed by atoms with Crippen LogP contribution in [0, 0.1) is 6.92 Å². The molecule has 32 heavy (non-hydrogen) atoms. The zero-order valence-electron chi connectivity index (χ0n) is 17.4. The molecule has 0 saturated carbocycles. The summed E-state index contributed by atoms with van der Waals surface area (Å²) in [4.78, 5) is 12.2. The Kier molecular flexibility index (Phi) is 7.50. The van der Waals surface area contributed by atoms with Gasteiger partial charge >= 0.3 is 10.1 Å². The fourth-order valence-corrected chi connectivity index (χ4v) is 3.80. The van der Waals surface area contributed by atoms with Crippen molar-refractivity contribution in [2.45, 2.75) is 18.7 Å². The van der Waals surface area contributed by atoms with Crippen molar-refractivity contribution in [2.75, 3.05) is 6.61 Å². The molecule has 7 nitrogen and oxygen atoms in total. The first-order valence-corrected chi connectivity index (χ1v) is 11.4. The van der Waals surface area contributed by atoms with Gasteiger partial charge in [0.1, 0.15) is 4.90 Å². The smallest absolute Gasteiger partial charge is 0.339 e. The molecule has 0 saturated heterocycles. The minimum Gasteiger partial charge on any atom is -0.490 e. The van der Waals surface area contributed by atoms with Crippen LogP contribution in [0.5, 0.6) is 11.5 Å². The van der Waals surface area contributed by atoms with Crippen molar-refractivity contribution in [1.82, 2.24) is 5.43 Å². The molecule has 3 rings (SSSR count). The van der Waals surface area contributed by atoms with Crippen LogP contribution in [0.3, 0.4) is 0 Å². The first kappa shape index (κ1) is 23.3. The van der Waals surface area contributed by atoms with Crippen molar-refractivity contribution in [3.8, 4) is 11.5 Å². The molecule has 0 fully saturated rings. The maximum atomic E-state index is 12.6. The lowest BCUT2D eigenvalue weighted by Gasteiger charge is -2.12. The van der Waals surface area contributed by atoms with E-state index in [2.05, 4.69) is 10.5 Å². The summed E-state index contributed by atoms with van der Waals surface area (Å²) in [5, 5.41) is 4.37. The molecule has 166 valence electrons. The summed E-state index contributed by atoms with van der Waals surface area (Å²) in [5.74, 6) is -0.140. The summed E-state index contributed by atoms with van der Waals surface area (Å²) in [7, 11) is -4.03. The predicted octanol–water partition coefficient (Wildman–Crippen LogP) is 4.58. The number of benzene rings is 3. The third-order valence-electron chi connectivity index (χ3n) is 4.24. The maximum absolute atomic E-state index is 12.6. The summed E-state index contributed by atoms with van der Waals surface area (Å²) >= 11 is 5.89. The molecular weight excluding hydrogens is 452 g/mol. The third-order valence-corrected chi connectivity index (χ3v) is 5.73. The van der Waals surface area contributed by atoms with Gasteiger partial charge in [-0.2, -0.15) is 13.5 Å². The average molecular weight is 473 g/mol. The highest BCUT2D eigenvalue weighted by Gasteiger charge is 2.19. The molecule has 0 aliphatic heterocycles. The Morgan fingerprint density at radius 3 is 2.50 bits per heavy atom. The summed E-state index contributed by atoms with van der Waals surface area (Å²) in [6.07, 6.45) is 1.41. The second-order valence-electron chi connectivity index (χ2n) is 6.70. The van der Waals surface area contributed by atoms with E-state index in [4.69, 9.17) is 20.5 Å². The number of carbonyl (C=O) groups is 1. The number of amides is 1. The molecule has 0 atom stereocenters. The Hall–Kier alpha value is -3.36. The fraction of sp³-hybridized carbons (Fsp3) is 0.130. The number of nitrogens with zero attached hydrogens (tertiary/aromatic N) is 1. The lowest BCUT2D eigenvalue weighted by atomic mass is 10.2. The van der Waals surface area contributed by atoms with Gasteiger partial charge in [0.15, 0.2) is 11.5 Å². The van der Waals surface area contributed by atoms with Crippen LogP contribution in [-0.4, -0.2) is 27.1 Å². The summed E-state index contributed by atoms with van der Waals surface area (Å²) < 4.78 is 36.0. The molecular formula is C23H21ClN2O5S. The first-order valence-electron chi connectivity index (χ1n) is 9.65. The van der Waals surface area contributed by atoms with Gasteiger partial charge in [0.25, 0.3) is 5.91 Å². The minimum absolute atomic E-state index is 0.0416. The molecule has 1 N–H and O–H groups in total. The molecule has 0 aliphatic rings. The summed E-state index contributed by atoms with van der Waals surface area (Å²) in [6, 6.07) is 17.5. The second kappa shape index (κ2) is 10.3. The molecule has 3 aromatic carbocycles. The standard InChI is InChI=1S/C23H21ClN2O5S/c1-3-30-22-13-17(15-25-26-23(27)18-5-4-6-19(24)14-18)9-12-21(22)31-32(28,29)20-10-7-16(2)8-11-20/h4-15H,3H2,1-2H3,(H,26,27). The van der Waals surface area contributed by atoms with Crippen LogP contribution in [0.1, 0.15) is 28.4 Å². The average Bonchev–Trinajstić information content (AvgIpc) is 2.76. The number of nitrogens with one attached hydrogen (secondary N) is 1. The van der Waals surface area contributed by atoms with E-state index < -0.39 is 16.0 Å². The molecule has 9 heteroatoms. The highest BCUT2D eigenvalue weighted by Crippen LogP contribution is 2.31. The molecule has 0 aliphatic carbocycles. The van der Waals surface area contributed by atoms with Gasteiger partial charge in [-0.15, -0.1) is 0 Å². The largest absolute Gasteiger partial charge is 0.490 e. The number of aryl methyl sites for hydroxylation is 1. The molecule has 0 aromatic heterocycles. The molecule has 0 unspecified atom stereocenters. The molecule has 0 radical (unpaired) electrons. The van der Waals surface area contributed by atoms with E-state index in [1.807, 2.05) is 6.92 Å². The van der Waals surface area contributed by atoms with E-state index in [0.717, 1.165) is 5.56 Å². The van der Waals surface area contributed by atoms with E-state index in [0.29, 0.717) is 22.8 Å². The van der Waals surface area contributed by atoms with E-state index in [1.54, 1.807) is 49.4 Å². The summed E-state index contributed by atoms with van der Waals surface area (Å²) in [5.41, 5.74) is 4.28. The van der Waals surface area contributed by atoms with Crippen molar-refractivity contribution in [3.63, 3.8) is 0 Å². The number of hydrogen-bond acceptors (Lipinski definition) is 6. The second-order valence-corrected chi connectivity index (χ2v) is 8.68. The lowest BCUT2D eigenvalue weighted by Crippen LogP contribution is -2.17. The van der Waals surface area contributed by atoms with Gasteiger partial charge in [0, 0.05) is 10.6 Å². The van der Waals surface area contributed by atoms with E-state index >= 15 is 0 Å². The van der Waals surface area contributed by atoms with E-state index in [-0.39, 0.29) is 16.4 Å². The number of hydrazone groups is 1. The number of ether oxygens (including phenoxy) is 1. The van der Waals surface area contributed by atoms with Gasteiger partial charge < -0.3 is 8.92 Å². The van der Waals surface area contributed by atoms with Gasteiger partial charge in [0.2, 0.25) is 0 Å². The first-order chi connectivity index (χ1) is 15.3. The van der Waals surface area contributed by atoms with E-state index in [9.17, 15) is 13.2 Å². The quantitative estimate of drug-likeness (QED) is 0.294. The van der Waals surface area contributed by atoms with Gasteiger partial charge in [-0.1, -0.05) is 35.4 Å². The van der Waals surface area contributed by atoms with Crippen molar-refractivity contribution >= 4 is 33.8 Å². The van der Waals surface area contributed by atoms with Gasteiger partial charge in [-0.25, -0.2) is 5.43 Å². The number of carbonyl (C=O) groups excluding carboxylic acids is 1. The monoisotopic (exact) mass is 472 g/mol. The van der Waals surface area contributed by atoms with Crippen LogP contribution in [0.2, 0.25) is 5.02 Å². The Labute approximate surface area is 191 Å². The lowest BCUT2D eigenvalue weighted by molar-refractivity contribution is 0.0955. The number of hydrogen-bond donors (Lipinski definition) is 1. The Morgan fingerprint density at radius 1 is 1.06 bits per heavy atom. The van der Waals surface area contributed by atoms with Crippen LogP contribution in [0.25, 0.3) is 0 Å². The predicted molar refractivity (Wildman–Crippen MR) is 123 cm³/mol. The molecule has 0 bridgehead atoms. The number of halogens is 1. The Balaban J connectivity index is 1.76. The zero-order valence-corrected chi connectivity index (χ0v) is 19.0. The van der Waals surface area contributed by atoms with Crippen molar-refractivity contribution in [1.29, 1.82) is 0 Å². The van der Waals surface area contributed by atoms with Crippen LogP contribution < -0.4 is 14.3 Å². The Bertz CT molecular complexity index is 1240. The topological polar surface area (TPSA) is 94.1 Å². The molecule has 0 spiro atoms. The van der Waals surface area contributed by atoms with Crippen molar-refractivity contribution < 1.29 is 22.1 Å². The third kappa shape index (κ3) is 6.09. The number of rotatable bonds is 8. The SMILES string of the molecule is CCOc1cc(C=NNC(=O)c2cccc(Cl)c2)ccc1OS(=O)(=O)c1ccc(C)cc1. The normalized spacial score (nSPS) is 11.3. The summed E-state index contributed by atoms with van der Waals surface area (Å²) in [6.45, 7) is 3.93. The highest BCUT2D eigenvalue weighted by molar-refractivity contribution is 7.87. The highest BCUT2D eigenvalue weighted by atomic mass is 35.5. The van der Waals surface area contributed by atoms with Crippen LogP contribution in [0.4, 0.5) is 0 Å². The fourth-order valence-electron chi connectivity index (χ4n) is 2.67. The minimum atomic E-state index is -4.03. The Morgan fingerprint density at radius 2 is 1.81 bits per heavy atom. The molecule has 0 heterocycles. The van der Waals surface area contributed by atoms with Crippen molar-refractivity contribution in [2.24, 2.45) is 5.10 Å². The van der Waals surface area contributed by atoms with Crippen LogP contribution >= 0.6 is 11.6 Å². The van der Waals surface area contributed by atoms with Gasteiger partial charge in [-0.3, -0.25) is 4.79 Å². The maximum Gasteiger partial charge on any atom is 0.339 e. The van der Waals surface area contributed by atoms with Crippen LogP contribution in [-0.2, 0) is 10.1 Å². The van der Waals surface area contributed by atoms with Crippen molar-refractivity contribution in [3.05, 3.63) is 88.4 Å². The molecule has 1 amide bonds.